The van der Waals surface area contributed by atoms with Crippen molar-refractivity contribution in [3.8, 4) is 0 Å². The summed E-state index contributed by atoms with van der Waals surface area (Å²) < 4.78 is 0.873. The van der Waals surface area contributed by atoms with Crippen LogP contribution in [0.15, 0.2) is 22.7 Å². The number of amides is 3. The van der Waals surface area contributed by atoms with Crippen LogP contribution in [-0.2, 0) is 9.59 Å². The van der Waals surface area contributed by atoms with Crippen molar-refractivity contribution in [1.82, 2.24) is 10.2 Å². The summed E-state index contributed by atoms with van der Waals surface area (Å²) in [7, 11) is 0. The fourth-order valence-electron chi connectivity index (χ4n) is 2.12. The number of hydrogen-bond donors (Lipinski definition) is 1. The van der Waals surface area contributed by atoms with Gasteiger partial charge in [0.15, 0.2) is 0 Å². The summed E-state index contributed by atoms with van der Waals surface area (Å²) in [5.41, 5.74) is 0.229. The van der Waals surface area contributed by atoms with Crippen LogP contribution in [0.4, 0.5) is 0 Å². The lowest BCUT2D eigenvalue weighted by molar-refractivity contribution is -0.143. The highest BCUT2D eigenvalue weighted by atomic mass is 79.9. The van der Waals surface area contributed by atoms with E-state index in [-0.39, 0.29) is 12.5 Å². The minimum Gasteiger partial charge on any atom is -0.315 e. The number of hydrogen-bond acceptors (Lipinski definition) is 3. The van der Waals surface area contributed by atoms with Crippen molar-refractivity contribution >= 4 is 33.7 Å². The third-order valence-electron chi connectivity index (χ3n) is 3.45. The van der Waals surface area contributed by atoms with E-state index in [0.29, 0.717) is 5.56 Å². The molecule has 1 aliphatic rings. The lowest BCUT2D eigenvalue weighted by atomic mass is 9.96. The molecule has 3 amide bonds. The first-order valence-electron chi connectivity index (χ1n) is 6.16. The number of piperazine rings is 1. The second-order valence-electron chi connectivity index (χ2n) is 5.29. The zero-order chi connectivity index (χ0) is 15.1. The summed E-state index contributed by atoms with van der Waals surface area (Å²) in [5.74, 6) is -1.24. The minimum atomic E-state index is -1.05. The standard InChI is InChI=1S/C14H15BrN2O3/c1-8-6-9(15)4-5-10(8)12(19)17-7-11(18)16-13(20)14(17,2)3/h4-6H,7H2,1-3H3,(H,16,18,20). The Hall–Kier alpha value is -1.69. The molecule has 106 valence electrons. The highest BCUT2D eigenvalue weighted by Crippen LogP contribution is 2.24. The predicted molar refractivity (Wildman–Crippen MR) is 77.1 cm³/mol. The van der Waals surface area contributed by atoms with Gasteiger partial charge in [-0.1, -0.05) is 15.9 Å². The maximum absolute atomic E-state index is 12.6. The van der Waals surface area contributed by atoms with Crippen molar-refractivity contribution in [2.24, 2.45) is 0 Å². The Morgan fingerprint density at radius 1 is 1.35 bits per heavy atom. The van der Waals surface area contributed by atoms with E-state index in [9.17, 15) is 14.4 Å². The fourth-order valence-corrected chi connectivity index (χ4v) is 2.60. The third kappa shape index (κ3) is 2.47. The van der Waals surface area contributed by atoms with E-state index < -0.39 is 17.4 Å². The number of aryl methyl sites for hydroxylation is 1. The molecule has 0 saturated carbocycles. The van der Waals surface area contributed by atoms with E-state index in [1.54, 1.807) is 26.0 Å². The molecule has 5 nitrogen and oxygen atoms in total. The van der Waals surface area contributed by atoms with Gasteiger partial charge >= 0.3 is 0 Å². The Bertz CT molecular complexity index is 610. The summed E-state index contributed by atoms with van der Waals surface area (Å²) >= 11 is 3.34. The Morgan fingerprint density at radius 2 is 2.00 bits per heavy atom. The maximum atomic E-state index is 12.6. The van der Waals surface area contributed by atoms with Gasteiger partial charge in [0.05, 0.1) is 0 Å². The topological polar surface area (TPSA) is 66.5 Å². The number of rotatable bonds is 1. The van der Waals surface area contributed by atoms with Gasteiger partial charge in [-0.2, -0.15) is 0 Å². The number of imide groups is 1. The highest BCUT2D eigenvalue weighted by molar-refractivity contribution is 9.10. The Labute approximate surface area is 125 Å². The molecule has 0 spiro atoms. The molecule has 0 radical (unpaired) electrons. The van der Waals surface area contributed by atoms with Crippen molar-refractivity contribution in [3.63, 3.8) is 0 Å². The van der Waals surface area contributed by atoms with Crippen molar-refractivity contribution in [1.29, 1.82) is 0 Å². The van der Waals surface area contributed by atoms with Gasteiger partial charge < -0.3 is 4.90 Å². The fraction of sp³-hybridized carbons (Fsp3) is 0.357. The maximum Gasteiger partial charge on any atom is 0.255 e. The number of benzene rings is 1. The molecule has 0 aromatic heterocycles. The Balaban J connectivity index is 2.40. The Kier molecular flexibility index (Phi) is 3.69. The molecule has 1 aliphatic heterocycles. The normalized spacial score (nSPS) is 17.9. The predicted octanol–water partition coefficient (Wildman–Crippen LogP) is 1.63. The zero-order valence-electron chi connectivity index (χ0n) is 11.5. The molecule has 2 rings (SSSR count). The first-order valence-corrected chi connectivity index (χ1v) is 6.95. The molecule has 6 heteroatoms. The van der Waals surface area contributed by atoms with Crippen molar-refractivity contribution < 1.29 is 14.4 Å². The second-order valence-corrected chi connectivity index (χ2v) is 6.20. The third-order valence-corrected chi connectivity index (χ3v) is 3.94. The van der Waals surface area contributed by atoms with E-state index in [0.717, 1.165) is 10.0 Å². The monoisotopic (exact) mass is 338 g/mol. The van der Waals surface area contributed by atoms with E-state index in [1.165, 1.54) is 4.90 Å². The van der Waals surface area contributed by atoms with Crippen LogP contribution >= 0.6 is 15.9 Å². The molecule has 1 heterocycles. The van der Waals surface area contributed by atoms with E-state index in [2.05, 4.69) is 21.2 Å². The van der Waals surface area contributed by atoms with E-state index >= 15 is 0 Å². The van der Waals surface area contributed by atoms with Crippen LogP contribution in [0.1, 0.15) is 29.8 Å². The smallest absolute Gasteiger partial charge is 0.255 e. The summed E-state index contributed by atoms with van der Waals surface area (Å²) in [6.45, 7) is 4.95. The molecular formula is C14H15BrN2O3. The molecule has 1 aromatic carbocycles. The number of nitrogens with one attached hydrogen (secondary N) is 1. The molecule has 1 aromatic rings. The molecule has 0 atom stereocenters. The van der Waals surface area contributed by atoms with Crippen LogP contribution in [-0.4, -0.2) is 34.7 Å². The second kappa shape index (κ2) is 5.01. The Morgan fingerprint density at radius 3 is 2.60 bits per heavy atom. The molecule has 0 aliphatic carbocycles. The largest absolute Gasteiger partial charge is 0.315 e. The van der Waals surface area contributed by atoms with Crippen LogP contribution in [0, 0.1) is 6.92 Å². The summed E-state index contributed by atoms with van der Waals surface area (Å²) in [4.78, 5) is 37.3. The molecular weight excluding hydrogens is 324 g/mol. The first-order chi connectivity index (χ1) is 9.23. The lowest BCUT2D eigenvalue weighted by Gasteiger charge is -2.40. The SMILES string of the molecule is Cc1cc(Br)ccc1C(=O)N1CC(=O)NC(=O)C1(C)C. The summed E-state index contributed by atoms with van der Waals surface area (Å²) in [6, 6.07) is 5.28. The van der Waals surface area contributed by atoms with Crippen molar-refractivity contribution in [2.75, 3.05) is 6.54 Å². The van der Waals surface area contributed by atoms with E-state index in [1.807, 2.05) is 13.0 Å². The molecule has 1 N–H and O–H groups in total. The van der Waals surface area contributed by atoms with Crippen molar-refractivity contribution in [3.05, 3.63) is 33.8 Å². The first kappa shape index (κ1) is 14.7. The summed E-state index contributed by atoms with van der Waals surface area (Å²) in [6.07, 6.45) is 0. The van der Waals surface area contributed by atoms with Gasteiger partial charge in [-0.25, -0.2) is 0 Å². The van der Waals surface area contributed by atoms with Crippen LogP contribution < -0.4 is 5.32 Å². The lowest BCUT2D eigenvalue weighted by Crippen LogP contribution is -2.65. The van der Waals surface area contributed by atoms with Crippen molar-refractivity contribution in [2.45, 2.75) is 26.3 Å². The van der Waals surface area contributed by atoms with Gasteiger partial charge in [0.2, 0.25) is 5.91 Å². The van der Waals surface area contributed by atoms with Gasteiger partial charge in [-0.15, -0.1) is 0 Å². The van der Waals surface area contributed by atoms with Gasteiger partial charge in [-0.3, -0.25) is 19.7 Å². The van der Waals surface area contributed by atoms with Gasteiger partial charge in [0.1, 0.15) is 12.1 Å². The van der Waals surface area contributed by atoms with Crippen LogP contribution in [0.3, 0.4) is 0 Å². The van der Waals surface area contributed by atoms with Gasteiger partial charge in [0.25, 0.3) is 11.8 Å². The number of carbonyl (C=O) groups excluding carboxylic acids is 3. The van der Waals surface area contributed by atoms with Gasteiger partial charge in [0, 0.05) is 10.0 Å². The average molecular weight is 339 g/mol. The number of nitrogens with zero attached hydrogens (tertiary/aromatic N) is 1. The molecule has 0 bridgehead atoms. The quantitative estimate of drug-likeness (QED) is 0.791. The molecule has 20 heavy (non-hydrogen) atoms. The van der Waals surface area contributed by atoms with Gasteiger partial charge in [-0.05, 0) is 44.5 Å². The zero-order valence-corrected chi connectivity index (χ0v) is 13.1. The van der Waals surface area contributed by atoms with Crippen LogP contribution in [0.2, 0.25) is 0 Å². The molecule has 1 saturated heterocycles. The summed E-state index contributed by atoms with van der Waals surface area (Å²) in [5, 5.41) is 2.25. The minimum absolute atomic E-state index is 0.118. The highest BCUT2D eigenvalue weighted by Gasteiger charge is 2.43. The molecule has 0 unspecified atom stereocenters. The van der Waals surface area contributed by atoms with E-state index in [4.69, 9.17) is 0 Å². The van der Waals surface area contributed by atoms with Crippen LogP contribution in [0.5, 0.6) is 0 Å². The number of carbonyl (C=O) groups is 3. The average Bonchev–Trinajstić information content (AvgIpc) is 2.33. The number of halogens is 1. The van der Waals surface area contributed by atoms with Crippen LogP contribution in [0.25, 0.3) is 0 Å². The molecule has 1 fully saturated rings.